The molecule has 0 aliphatic heterocycles. The number of aliphatic carboxylic acids is 1. The summed E-state index contributed by atoms with van der Waals surface area (Å²) in [6.07, 6.45) is 7.01. The van der Waals surface area contributed by atoms with E-state index in [2.05, 4.69) is 10.8 Å². The summed E-state index contributed by atoms with van der Waals surface area (Å²) in [4.78, 5) is 47.7. The average molecular weight is 319 g/mol. The molecule has 6 atom stereocenters. The fourth-order valence-electron chi connectivity index (χ4n) is 4.44. The third kappa shape index (κ3) is 2.60. The summed E-state index contributed by atoms with van der Waals surface area (Å²) < 4.78 is 4.48. The van der Waals surface area contributed by atoms with Crippen molar-refractivity contribution in [2.75, 3.05) is 7.11 Å². The van der Waals surface area contributed by atoms with Crippen LogP contribution in [0.3, 0.4) is 0 Å². The van der Waals surface area contributed by atoms with Gasteiger partial charge in [-0.2, -0.15) is 0 Å². The number of ketones is 2. The number of hydrogen-bond acceptors (Lipinski definition) is 5. The Morgan fingerprint density at radius 3 is 2.61 bits per heavy atom. The van der Waals surface area contributed by atoms with Crippen molar-refractivity contribution in [2.45, 2.75) is 19.3 Å². The zero-order chi connectivity index (χ0) is 16.7. The number of methoxy groups -OCH3 is 1. The Hall–Kier alpha value is -1.98. The van der Waals surface area contributed by atoms with Gasteiger partial charge < -0.3 is 9.84 Å². The lowest BCUT2D eigenvalue weighted by atomic mass is 9.62. The molecule has 2 saturated carbocycles. The summed E-state index contributed by atoms with van der Waals surface area (Å²) >= 11 is 0. The first-order chi connectivity index (χ1) is 10.9. The molecule has 123 valence electrons. The Balaban J connectivity index is 1.87. The number of rotatable bonds is 5. The molecule has 2 fully saturated rings. The number of carbonyl (C=O) groups excluding carboxylic acids is 3. The molecule has 0 spiro atoms. The highest BCUT2D eigenvalue weighted by Crippen LogP contribution is 2.55. The number of carboxylic acid groups (broad SMARTS) is 1. The summed E-state index contributed by atoms with van der Waals surface area (Å²) in [5, 5.41) is 8.90. The number of ether oxygens (including phenoxy) is 1. The predicted molar refractivity (Wildman–Crippen MR) is 77.9 cm³/mol. The van der Waals surface area contributed by atoms with Gasteiger partial charge in [-0.15, -0.1) is 0 Å². The molecule has 0 aromatic heterocycles. The van der Waals surface area contributed by atoms with Gasteiger partial charge in [0.2, 0.25) is 0 Å². The summed E-state index contributed by atoms with van der Waals surface area (Å²) in [6.45, 7) is 0. The lowest BCUT2D eigenvalue weighted by Gasteiger charge is -2.39. The summed E-state index contributed by atoms with van der Waals surface area (Å²) in [5.41, 5.74) is 0. The van der Waals surface area contributed by atoms with Crippen molar-refractivity contribution in [3.8, 4) is 0 Å². The molecule has 0 aromatic rings. The highest BCUT2D eigenvalue weighted by Gasteiger charge is 2.56. The molecule has 3 aliphatic carbocycles. The van der Waals surface area contributed by atoms with Gasteiger partial charge in [0.1, 0.15) is 5.78 Å². The van der Waals surface area contributed by atoms with Crippen LogP contribution in [0.4, 0.5) is 0 Å². The van der Waals surface area contributed by atoms with Gasteiger partial charge in [-0.3, -0.25) is 14.4 Å². The van der Waals surface area contributed by atoms with Gasteiger partial charge in [-0.25, -0.2) is 4.79 Å². The van der Waals surface area contributed by atoms with Crippen LogP contribution in [0, 0.1) is 41.9 Å². The number of carboxylic acids is 1. The van der Waals surface area contributed by atoms with Gasteiger partial charge in [0, 0.05) is 12.3 Å². The Labute approximate surface area is 133 Å². The van der Waals surface area contributed by atoms with Crippen LogP contribution in [0.15, 0.2) is 12.2 Å². The van der Waals surface area contributed by atoms with Gasteiger partial charge in [0.05, 0.1) is 13.0 Å². The smallest absolute Gasteiger partial charge is 0.375 e. The normalized spacial score (nSPS) is 37.5. The SMILES string of the molecule is COC(=O)C(=O)C1C(=O)C2C3C=CC(C3)C2[CH]C1CCC(=O)O. The van der Waals surface area contributed by atoms with Crippen molar-refractivity contribution >= 4 is 23.5 Å². The maximum atomic E-state index is 12.9. The molecule has 6 heteroatoms. The molecule has 6 nitrogen and oxygen atoms in total. The molecule has 1 N–H and O–H groups in total. The van der Waals surface area contributed by atoms with Crippen LogP contribution in [-0.2, 0) is 23.9 Å². The first kappa shape index (κ1) is 15.9. The first-order valence-electron chi connectivity index (χ1n) is 7.85. The lowest BCUT2D eigenvalue weighted by molar-refractivity contribution is -0.158. The molecule has 23 heavy (non-hydrogen) atoms. The van der Waals surface area contributed by atoms with E-state index in [0.29, 0.717) is 0 Å². The molecule has 0 heterocycles. The van der Waals surface area contributed by atoms with Gasteiger partial charge in [0.15, 0.2) is 0 Å². The molecule has 0 saturated heterocycles. The number of esters is 1. The fraction of sp³-hybridized carbons (Fsp3) is 0.588. The average Bonchev–Trinajstić information content (AvgIpc) is 3.13. The van der Waals surface area contributed by atoms with E-state index in [-0.39, 0.29) is 42.3 Å². The summed E-state index contributed by atoms with van der Waals surface area (Å²) in [5.74, 6) is -4.50. The lowest BCUT2D eigenvalue weighted by Crippen LogP contribution is -2.48. The third-order valence-corrected chi connectivity index (χ3v) is 5.41. The second-order valence-corrected chi connectivity index (χ2v) is 6.58. The minimum Gasteiger partial charge on any atom is -0.481 e. The van der Waals surface area contributed by atoms with Gasteiger partial charge >= 0.3 is 11.9 Å². The van der Waals surface area contributed by atoms with E-state index >= 15 is 0 Å². The zero-order valence-corrected chi connectivity index (χ0v) is 12.8. The second-order valence-electron chi connectivity index (χ2n) is 6.58. The van der Waals surface area contributed by atoms with E-state index in [1.807, 2.05) is 12.5 Å². The van der Waals surface area contributed by atoms with E-state index in [4.69, 9.17) is 5.11 Å². The summed E-state index contributed by atoms with van der Waals surface area (Å²) in [7, 11) is 1.10. The van der Waals surface area contributed by atoms with E-state index in [9.17, 15) is 19.2 Å². The minimum absolute atomic E-state index is 0.0537. The summed E-state index contributed by atoms with van der Waals surface area (Å²) in [6, 6.07) is 0. The second kappa shape index (κ2) is 5.91. The highest BCUT2D eigenvalue weighted by molar-refractivity contribution is 6.38. The number of fused-ring (bicyclic) bond motifs is 5. The molecule has 2 bridgehead atoms. The van der Waals surface area contributed by atoms with Crippen molar-refractivity contribution in [3.63, 3.8) is 0 Å². The van der Waals surface area contributed by atoms with Crippen molar-refractivity contribution in [2.24, 2.45) is 35.5 Å². The van der Waals surface area contributed by atoms with Gasteiger partial charge in [-0.05, 0) is 42.9 Å². The van der Waals surface area contributed by atoms with E-state index in [1.54, 1.807) is 0 Å². The van der Waals surface area contributed by atoms with Crippen LogP contribution < -0.4 is 0 Å². The molecule has 6 unspecified atom stereocenters. The van der Waals surface area contributed by atoms with Crippen molar-refractivity contribution in [1.82, 2.24) is 0 Å². The highest BCUT2D eigenvalue weighted by atomic mass is 16.5. The van der Waals surface area contributed by atoms with Gasteiger partial charge in [0.25, 0.3) is 5.78 Å². The Kier molecular flexibility index (Phi) is 4.08. The standard InChI is InChI=1S/C17H19O6/c1-23-17(22)16(21)14-10(4-5-12(18)19)7-11-8-2-3-9(6-8)13(11)15(14)20/h2-3,7-11,13-14H,4-6H2,1H3,(H,18,19). The Morgan fingerprint density at radius 1 is 1.26 bits per heavy atom. The maximum Gasteiger partial charge on any atom is 0.375 e. The van der Waals surface area contributed by atoms with Crippen LogP contribution in [0.5, 0.6) is 0 Å². The number of carbonyl (C=O) groups is 4. The third-order valence-electron chi connectivity index (χ3n) is 5.41. The Bertz CT molecular complexity index is 592. The van der Waals surface area contributed by atoms with Crippen LogP contribution in [0.25, 0.3) is 0 Å². The van der Waals surface area contributed by atoms with Crippen LogP contribution in [0.1, 0.15) is 19.3 Å². The van der Waals surface area contributed by atoms with Crippen LogP contribution >= 0.6 is 0 Å². The number of allylic oxidation sites excluding steroid dienone is 2. The predicted octanol–water partition coefficient (Wildman–Crippen LogP) is 1.05. The molecule has 1 radical (unpaired) electrons. The van der Waals surface area contributed by atoms with Crippen molar-refractivity contribution in [3.05, 3.63) is 18.6 Å². The van der Waals surface area contributed by atoms with Crippen molar-refractivity contribution in [1.29, 1.82) is 0 Å². The van der Waals surface area contributed by atoms with E-state index in [1.165, 1.54) is 0 Å². The quantitative estimate of drug-likeness (QED) is 0.352. The number of Topliss-reactive ketones (excluding diaryl/α,β-unsaturated/α-hetero) is 2. The molecule has 0 amide bonds. The minimum atomic E-state index is -1.10. The van der Waals surface area contributed by atoms with Crippen LogP contribution in [0.2, 0.25) is 0 Å². The van der Waals surface area contributed by atoms with Crippen LogP contribution in [-0.4, -0.2) is 35.7 Å². The fourth-order valence-corrected chi connectivity index (χ4v) is 4.44. The molecule has 0 aromatic carbocycles. The van der Waals surface area contributed by atoms with E-state index < -0.39 is 29.6 Å². The molecular weight excluding hydrogens is 300 g/mol. The monoisotopic (exact) mass is 319 g/mol. The number of hydrogen-bond donors (Lipinski definition) is 1. The first-order valence-corrected chi connectivity index (χ1v) is 7.85. The largest absolute Gasteiger partial charge is 0.481 e. The molecule has 3 rings (SSSR count). The topological polar surface area (TPSA) is 97.7 Å². The zero-order valence-electron chi connectivity index (χ0n) is 12.8. The molecule has 3 aliphatic rings. The van der Waals surface area contributed by atoms with Gasteiger partial charge in [-0.1, -0.05) is 12.2 Å². The van der Waals surface area contributed by atoms with Crippen molar-refractivity contribution < 1.29 is 29.0 Å². The maximum absolute atomic E-state index is 12.9. The van der Waals surface area contributed by atoms with E-state index in [0.717, 1.165) is 13.5 Å². The molecular formula is C17H19O6. The Morgan fingerprint density at radius 2 is 1.96 bits per heavy atom.